The zero-order valence-corrected chi connectivity index (χ0v) is 30.4. The Balaban J connectivity index is 1.89. The monoisotopic (exact) mass is 618 g/mol. The maximum absolute atomic E-state index is 6.29. The Morgan fingerprint density at radius 1 is 0.409 bits per heavy atom. The molecule has 2 atom stereocenters. The number of nitrogens with zero attached hydrogens (tertiary/aromatic N) is 1. The summed E-state index contributed by atoms with van der Waals surface area (Å²) >= 11 is 0. The smallest absolute Gasteiger partial charge is 0.0975 e. The first-order valence-corrected chi connectivity index (χ1v) is 20.0. The third-order valence-electron chi connectivity index (χ3n) is 9.37. The molecule has 1 aliphatic heterocycles. The molecule has 1 aliphatic rings. The second kappa shape index (κ2) is 33.7. The zero-order chi connectivity index (χ0) is 31.6. The van der Waals surface area contributed by atoms with Gasteiger partial charge < -0.3 is 14.4 Å². The maximum Gasteiger partial charge on any atom is 0.0975 e. The molecule has 0 aromatic carbocycles. The third kappa shape index (κ3) is 27.7. The van der Waals surface area contributed by atoms with Crippen LogP contribution in [0.5, 0.6) is 0 Å². The molecule has 0 radical (unpaired) electrons. The highest BCUT2D eigenvalue weighted by molar-refractivity contribution is 4.85. The molecule has 260 valence electrons. The minimum Gasteiger partial charge on any atom is -0.374 e. The Labute approximate surface area is 277 Å². The number of hydrogen-bond donors (Lipinski definition) is 0. The van der Waals surface area contributed by atoms with Gasteiger partial charge in [0.05, 0.1) is 12.2 Å². The number of ether oxygens (including phenoxy) is 2. The highest BCUT2D eigenvalue weighted by atomic mass is 16.5. The normalized spacial score (nSPS) is 17.6. The van der Waals surface area contributed by atoms with Crippen LogP contribution in [-0.4, -0.2) is 50.5 Å². The molecular formula is C41H79NO2. The van der Waals surface area contributed by atoms with Crippen molar-refractivity contribution >= 4 is 0 Å². The first kappa shape index (κ1) is 41.4. The summed E-state index contributed by atoms with van der Waals surface area (Å²) in [5.41, 5.74) is 0. The SMILES string of the molecule is CCCCCCCCCCCC=CCCCCCOC1CN(C)CC1OCCCCCC=CCCCCCCCCCCC. The highest BCUT2D eigenvalue weighted by Gasteiger charge is 2.32. The lowest BCUT2D eigenvalue weighted by atomic mass is 10.1. The van der Waals surface area contributed by atoms with Gasteiger partial charge in [-0.15, -0.1) is 0 Å². The highest BCUT2D eigenvalue weighted by Crippen LogP contribution is 2.18. The molecule has 0 bridgehead atoms. The van der Waals surface area contributed by atoms with Crippen molar-refractivity contribution in [2.24, 2.45) is 0 Å². The van der Waals surface area contributed by atoms with Crippen molar-refractivity contribution in [3.63, 3.8) is 0 Å². The maximum atomic E-state index is 6.29. The number of likely N-dealkylation sites (tertiary alicyclic amines) is 1. The fourth-order valence-corrected chi connectivity index (χ4v) is 6.41. The van der Waals surface area contributed by atoms with E-state index in [4.69, 9.17) is 9.47 Å². The number of unbranched alkanes of at least 4 members (excludes halogenated alkanes) is 24. The molecule has 3 heteroatoms. The van der Waals surface area contributed by atoms with Crippen molar-refractivity contribution in [2.45, 2.75) is 206 Å². The zero-order valence-electron chi connectivity index (χ0n) is 30.4. The molecule has 3 nitrogen and oxygen atoms in total. The average Bonchev–Trinajstić information content (AvgIpc) is 3.38. The molecule has 0 aromatic heterocycles. The molecule has 0 amide bonds. The van der Waals surface area contributed by atoms with Crippen LogP contribution >= 0.6 is 0 Å². The van der Waals surface area contributed by atoms with E-state index in [0.29, 0.717) is 0 Å². The Morgan fingerprint density at radius 2 is 0.682 bits per heavy atom. The lowest BCUT2D eigenvalue weighted by Crippen LogP contribution is -2.30. The molecule has 2 unspecified atom stereocenters. The summed E-state index contributed by atoms with van der Waals surface area (Å²) in [6.07, 6.45) is 48.1. The minimum absolute atomic E-state index is 0.250. The van der Waals surface area contributed by atoms with E-state index >= 15 is 0 Å². The Morgan fingerprint density at radius 3 is 1.00 bits per heavy atom. The lowest BCUT2D eigenvalue weighted by molar-refractivity contribution is -0.0481. The first-order chi connectivity index (χ1) is 21.8. The predicted molar refractivity (Wildman–Crippen MR) is 196 cm³/mol. The van der Waals surface area contributed by atoms with Crippen molar-refractivity contribution in [3.05, 3.63) is 24.3 Å². The van der Waals surface area contributed by atoms with E-state index in [2.05, 4.69) is 50.1 Å². The summed E-state index contributed by atoms with van der Waals surface area (Å²) in [4.78, 5) is 2.37. The summed E-state index contributed by atoms with van der Waals surface area (Å²) < 4.78 is 12.6. The van der Waals surface area contributed by atoms with Crippen LogP contribution in [0.3, 0.4) is 0 Å². The van der Waals surface area contributed by atoms with Crippen molar-refractivity contribution in [2.75, 3.05) is 33.4 Å². The van der Waals surface area contributed by atoms with Gasteiger partial charge in [0.25, 0.3) is 0 Å². The molecule has 1 fully saturated rings. The van der Waals surface area contributed by atoms with E-state index in [0.717, 1.165) is 26.3 Å². The number of hydrogen-bond acceptors (Lipinski definition) is 3. The number of rotatable bonds is 34. The van der Waals surface area contributed by atoms with E-state index in [1.165, 1.54) is 180 Å². The van der Waals surface area contributed by atoms with Gasteiger partial charge in [0.15, 0.2) is 0 Å². The fraction of sp³-hybridized carbons (Fsp3) is 0.902. The molecular weight excluding hydrogens is 538 g/mol. The van der Waals surface area contributed by atoms with Crippen LogP contribution in [0.25, 0.3) is 0 Å². The molecule has 1 heterocycles. The van der Waals surface area contributed by atoms with E-state index in [-0.39, 0.29) is 12.2 Å². The van der Waals surface area contributed by atoms with E-state index in [1.54, 1.807) is 0 Å². The second-order valence-electron chi connectivity index (χ2n) is 13.9. The molecule has 0 spiro atoms. The van der Waals surface area contributed by atoms with Crippen LogP contribution in [0.1, 0.15) is 194 Å². The standard InChI is InChI=1S/C41H79NO2/c1-4-6-8-10-12-14-16-18-20-22-24-26-28-30-32-34-36-43-40-38-42(3)39-41(40)44-37-35-33-31-29-27-25-23-21-19-17-15-13-11-9-7-5-2/h24-27,40-41H,4-23,28-39H2,1-3H3. The fourth-order valence-electron chi connectivity index (χ4n) is 6.41. The van der Waals surface area contributed by atoms with E-state index in [1.807, 2.05) is 0 Å². The molecule has 1 rings (SSSR count). The van der Waals surface area contributed by atoms with Crippen LogP contribution in [-0.2, 0) is 9.47 Å². The van der Waals surface area contributed by atoms with E-state index < -0.39 is 0 Å². The topological polar surface area (TPSA) is 21.7 Å². The molecule has 0 aromatic rings. The summed E-state index contributed by atoms with van der Waals surface area (Å²) in [6, 6.07) is 0. The number of likely N-dealkylation sites (N-methyl/N-ethyl adjacent to an activating group) is 1. The third-order valence-corrected chi connectivity index (χ3v) is 9.37. The molecule has 44 heavy (non-hydrogen) atoms. The quantitative estimate of drug-likeness (QED) is 0.0529. The summed E-state index contributed by atoms with van der Waals surface area (Å²) in [6.45, 7) is 8.37. The molecule has 0 saturated carbocycles. The van der Waals surface area contributed by atoms with Gasteiger partial charge in [-0.05, 0) is 71.3 Å². The van der Waals surface area contributed by atoms with Gasteiger partial charge in [0.2, 0.25) is 0 Å². The van der Waals surface area contributed by atoms with Crippen LogP contribution < -0.4 is 0 Å². The van der Waals surface area contributed by atoms with Crippen LogP contribution in [0.2, 0.25) is 0 Å². The molecule has 0 aliphatic carbocycles. The van der Waals surface area contributed by atoms with Gasteiger partial charge in [0.1, 0.15) is 0 Å². The van der Waals surface area contributed by atoms with Crippen LogP contribution in [0, 0.1) is 0 Å². The first-order valence-electron chi connectivity index (χ1n) is 20.0. The Hall–Kier alpha value is -0.640. The van der Waals surface area contributed by atoms with Crippen LogP contribution in [0.15, 0.2) is 24.3 Å². The predicted octanol–water partition coefficient (Wildman–Crippen LogP) is 12.8. The summed E-state index contributed by atoms with van der Waals surface area (Å²) in [7, 11) is 2.20. The Bertz CT molecular complexity index is 566. The van der Waals surface area contributed by atoms with Gasteiger partial charge in [-0.25, -0.2) is 0 Å². The number of allylic oxidation sites excluding steroid dienone is 4. The van der Waals surface area contributed by atoms with Gasteiger partial charge in [-0.2, -0.15) is 0 Å². The largest absolute Gasteiger partial charge is 0.374 e. The van der Waals surface area contributed by atoms with Gasteiger partial charge in [-0.3, -0.25) is 0 Å². The molecule has 1 saturated heterocycles. The summed E-state index contributed by atoms with van der Waals surface area (Å²) in [5, 5.41) is 0. The van der Waals surface area contributed by atoms with Gasteiger partial charge in [-0.1, -0.05) is 154 Å². The lowest BCUT2D eigenvalue weighted by Gasteiger charge is -2.19. The minimum atomic E-state index is 0.250. The van der Waals surface area contributed by atoms with Crippen molar-refractivity contribution in [1.82, 2.24) is 4.90 Å². The summed E-state index contributed by atoms with van der Waals surface area (Å²) in [5.74, 6) is 0. The van der Waals surface area contributed by atoms with Crippen molar-refractivity contribution in [1.29, 1.82) is 0 Å². The van der Waals surface area contributed by atoms with Gasteiger partial charge >= 0.3 is 0 Å². The van der Waals surface area contributed by atoms with Crippen LogP contribution in [0.4, 0.5) is 0 Å². The van der Waals surface area contributed by atoms with Gasteiger partial charge in [0, 0.05) is 26.3 Å². The second-order valence-corrected chi connectivity index (χ2v) is 13.9. The van der Waals surface area contributed by atoms with Crippen molar-refractivity contribution < 1.29 is 9.47 Å². The Kier molecular flexibility index (Phi) is 31.7. The average molecular weight is 618 g/mol. The van der Waals surface area contributed by atoms with E-state index in [9.17, 15) is 0 Å². The molecule has 0 N–H and O–H groups in total. The van der Waals surface area contributed by atoms with Crippen molar-refractivity contribution in [3.8, 4) is 0 Å².